The van der Waals surface area contributed by atoms with Crippen LogP contribution in [0.2, 0.25) is 0 Å². The molecule has 2 nitrogen and oxygen atoms in total. The van der Waals surface area contributed by atoms with E-state index in [-0.39, 0.29) is 0 Å². The van der Waals surface area contributed by atoms with Crippen molar-refractivity contribution in [3.8, 4) is 0 Å². The predicted octanol–water partition coefficient (Wildman–Crippen LogP) is 0.436. The van der Waals surface area contributed by atoms with Gasteiger partial charge in [0.2, 0.25) is 0 Å². The van der Waals surface area contributed by atoms with E-state index in [9.17, 15) is 4.39 Å². The smallest absolute Gasteiger partial charge is 0.160 e. The molecular weight excluding hydrogens is 99.0 g/mol. The number of aliphatic hydroxyl groups excluding tert-OH is 1. The van der Waals surface area contributed by atoms with Crippen LogP contribution in [0.3, 0.4) is 0 Å². The number of hydrogen-bond donors (Lipinski definition) is 1. The number of ether oxygens (including phenoxy) is 1. The Morgan fingerprint density at radius 1 is 2.00 bits per heavy atom. The largest absolute Gasteiger partial charge is 0.502 e. The van der Waals surface area contributed by atoms with Crippen molar-refractivity contribution in [1.29, 1.82) is 0 Å². The summed E-state index contributed by atoms with van der Waals surface area (Å²) >= 11 is 0. The molecule has 0 atom stereocenters. The van der Waals surface area contributed by atoms with E-state index in [0.29, 0.717) is 0 Å². The lowest BCUT2D eigenvalue weighted by Crippen LogP contribution is -1.81. The molecule has 0 fully saturated rings. The average Bonchev–Trinajstić information content (AvgIpc) is 1.68. The fraction of sp³-hybridized carbons (Fsp3) is 0.500. The van der Waals surface area contributed by atoms with Gasteiger partial charge in [-0.2, -0.15) is 0 Å². The number of rotatable bonds is 2. The van der Waals surface area contributed by atoms with Crippen molar-refractivity contribution in [3.63, 3.8) is 0 Å². The van der Waals surface area contributed by atoms with Crippen LogP contribution in [0.4, 0.5) is 4.39 Å². The maximum absolute atomic E-state index is 11.6. The van der Waals surface area contributed by atoms with Crippen LogP contribution in [0.25, 0.3) is 0 Å². The zero-order valence-corrected chi connectivity index (χ0v) is 4.02. The lowest BCUT2D eigenvalue weighted by atomic mass is 10.6. The molecule has 0 rings (SSSR count). The molecule has 0 aliphatic rings. The summed E-state index contributed by atoms with van der Waals surface area (Å²) in [6, 6.07) is 0. The Bertz CT molecular complexity index is 70.1. The summed E-state index contributed by atoms with van der Waals surface area (Å²) in [5.41, 5.74) is 0. The zero-order valence-electron chi connectivity index (χ0n) is 4.02. The van der Waals surface area contributed by atoms with Crippen LogP contribution in [0.5, 0.6) is 0 Å². The molecule has 0 aromatic heterocycles. The molecule has 1 N–H and O–H groups in total. The highest BCUT2D eigenvalue weighted by molar-refractivity contribution is 4.83. The van der Waals surface area contributed by atoms with Crippen LogP contribution in [-0.2, 0) is 4.74 Å². The van der Waals surface area contributed by atoms with Gasteiger partial charge < -0.3 is 9.84 Å². The van der Waals surface area contributed by atoms with E-state index in [1.807, 2.05) is 0 Å². The second-order valence-electron chi connectivity index (χ2n) is 0.959. The van der Waals surface area contributed by atoms with Crippen LogP contribution >= 0.6 is 0 Å². The van der Waals surface area contributed by atoms with Gasteiger partial charge >= 0.3 is 0 Å². The maximum atomic E-state index is 11.6. The molecule has 0 aliphatic carbocycles. The summed E-state index contributed by atoms with van der Waals surface area (Å²) in [6.45, 7) is -0.589. The second kappa shape index (κ2) is 3.61. The lowest BCUT2D eigenvalue weighted by Gasteiger charge is -1.86. The summed E-state index contributed by atoms with van der Waals surface area (Å²) in [7, 11) is 1.31. The predicted molar refractivity (Wildman–Crippen MR) is 23.3 cm³/mol. The summed E-state index contributed by atoms with van der Waals surface area (Å²) in [5, 5.41) is 7.94. The highest BCUT2D eigenvalue weighted by Gasteiger charge is 1.85. The fourth-order valence-corrected chi connectivity index (χ4v) is 0.165. The van der Waals surface area contributed by atoms with E-state index in [2.05, 4.69) is 4.74 Å². The van der Waals surface area contributed by atoms with Gasteiger partial charge in [-0.25, -0.2) is 4.39 Å². The third-order valence-electron chi connectivity index (χ3n) is 0.397. The molecule has 0 radical (unpaired) electrons. The molecule has 0 aromatic carbocycles. The van der Waals surface area contributed by atoms with Gasteiger partial charge in [0.15, 0.2) is 5.83 Å². The third kappa shape index (κ3) is 3.26. The van der Waals surface area contributed by atoms with Crippen LogP contribution in [0, 0.1) is 0 Å². The minimum absolute atomic E-state index is 0.589. The Morgan fingerprint density at radius 3 is 2.71 bits per heavy atom. The highest BCUT2D eigenvalue weighted by Crippen LogP contribution is 1.90. The van der Waals surface area contributed by atoms with E-state index in [1.165, 1.54) is 7.11 Å². The van der Waals surface area contributed by atoms with Gasteiger partial charge in [-0.3, -0.25) is 0 Å². The molecule has 0 saturated heterocycles. The molecule has 3 heteroatoms. The Labute approximate surface area is 41.2 Å². The van der Waals surface area contributed by atoms with Gasteiger partial charge in [0.25, 0.3) is 0 Å². The van der Waals surface area contributed by atoms with E-state index in [1.54, 1.807) is 0 Å². The highest BCUT2D eigenvalue weighted by atomic mass is 19.1. The molecular formula is C4H7FO2. The topological polar surface area (TPSA) is 29.5 Å². The SMILES string of the molecule is CO/C=C(\F)CO. The molecule has 0 amide bonds. The quantitative estimate of drug-likeness (QED) is 0.517. The molecule has 0 heterocycles. The van der Waals surface area contributed by atoms with Crippen LogP contribution in [0.15, 0.2) is 12.1 Å². The minimum Gasteiger partial charge on any atom is -0.502 e. The summed E-state index contributed by atoms with van der Waals surface area (Å²) in [4.78, 5) is 0. The first-order chi connectivity index (χ1) is 3.31. The summed E-state index contributed by atoms with van der Waals surface area (Å²) in [5.74, 6) is -0.664. The van der Waals surface area contributed by atoms with Crippen molar-refractivity contribution in [2.45, 2.75) is 0 Å². The van der Waals surface area contributed by atoms with Crippen LogP contribution in [-0.4, -0.2) is 18.8 Å². The standard InChI is InChI=1S/C4H7FO2/c1-7-3-4(5)2-6/h3,6H,2H2,1H3/b4-3-. The first-order valence-electron chi connectivity index (χ1n) is 1.79. The van der Waals surface area contributed by atoms with Gasteiger partial charge in [-0.05, 0) is 0 Å². The summed E-state index contributed by atoms with van der Waals surface area (Å²) < 4.78 is 15.8. The van der Waals surface area contributed by atoms with Gasteiger partial charge in [0.05, 0.1) is 13.7 Å². The van der Waals surface area contributed by atoms with Crippen LogP contribution < -0.4 is 0 Å². The van der Waals surface area contributed by atoms with Crippen molar-refractivity contribution < 1.29 is 14.2 Å². The van der Waals surface area contributed by atoms with Gasteiger partial charge in [0, 0.05) is 0 Å². The first-order valence-corrected chi connectivity index (χ1v) is 1.79. The molecule has 0 bridgehead atoms. The van der Waals surface area contributed by atoms with Crippen molar-refractivity contribution >= 4 is 0 Å². The lowest BCUT2D eigenvalue weighted by molar-refractivity contribution is 0.268. The van der Waals surface area contributed by atoms with E-state index >= 15 is 0 Å². The van der Waals surface area contributed by atoms with Crippen molar-refractivity contribution in [3.05, 3.63) is 12.1 Å². The monoisotopic (exact) mass is 106 g/mol. The van der Waals surface area contributed by atoms with Crippen molar-refractivity contribution in [2.24, 2.45) is 0 Å². The Balaban J connectivity index is 3.29. The third-order valence-corrected chi connectivity index (χ3v) is 0.397. The Hall–Kier alpha value is -0.570. The van der Waals surface area contributed by atoms with E-state index in [4.69, 9.17) is 5.11 Å². The summed E-state index contributed by atoms with van der Waals surface area (Å²) in [6.07, 6.45) is 0.847. The molecule has 0 saturated carbocycles. The zero-order chi connectivity index (χ0) is 5.70. The number of aliphatic hydroxyl groups is 1. The molecule has 0 unspecified atom stereocenters. The molecule has 0 aliphatic heterocycles. The first kappa shape index (κ1) is 6.43. The normalized spacial score (nSPS) is 11.6. The number of methoxy groups -OCH3 is 1. The Kier molecular flexibility index (Phi) is 3.32. The van der Waals surface area contributed by atoms with E-state index in [0.717, 1.165) is 6.26 Å². The number of hydrogen-bond acceptors (Lipinski definition) is 2. The maximum Gasteiger partial charge on any atom is 0.160 e. The molecule has 42 valence electrons. The van der Waals surface area contributed by atoms with Crippen molar-refractivity contribution in [2.75, 3.05) is 13.7 Å². The average molecular weight is 106 g/mol. The number of halogens is 1. The minimum atomic E-state index is -0.664. The van der Waals surface area contributed by atoms with Gasteiger partial charge in [-0.1, -0.05) is 0 Å². The fourth-order valence-electron chi connectivity index (χ4n) is 0.165. The van der Waals surface area contributed by atoms with Gasteiger partial charge in [-0.15, -0.1) is 0 Å². The molecule has 0 aromatic rings. The van der Waals surface area contributed by atoms with Crippen molar-refractivity contribution in [1.82, 2.24) is 0 Å². The molecule has 0 spiro atoms. The van der Waals surface area contributed by atoms with E-state index < -0.39 is 12.4 Å². The molecule has 7 heavy (non-hydrogen) atoms. The van der Waals surface area contributed by atoms with Gasteiger partial charge in [0.1, 0.15) is 6.26 Å². The van der Waals surface area contributed by atoms with Crippen LogP contribution in [0.1, 0.15) is 0 Å². The second-order valence-corrected chi connectivity index (χ2v) is 0.959. The Morgan fingerprint density at radius 2 is 2.57 bits per heavy atom.